The molecule has 0 aromatic rings. The van der Waals surface area contributed by atoms with Crippen LogP contribution < -0.4 is 5.73 Å². The Kier molecular flexibility index (Phi) is 6.31. The van der Waals surface area contributed by atoms with Gasteiger partial charge in [0.05, 0.1) is 0 Å². The van der Waals surface area contributed by atoms with Gasteiger partial charge in [0.25, 0.3) is 0 Å². The molecule has 0 saturated heterocycles. The molecule has 0 bridgehead atoms. The molecule has 0 spiro atoms. The number of halogens is 3. The van der Waals surface area contributed by atoms with Crippen molar-refractivity contribution in [3.05, 3.63) is 0 Å². The molecule has 0 aliphatic rings. The average molecular weight is 226 g/mol. The van der Waals surface area contributed by atoms with Crippen molar-refractivity contribution in [2.75, 3.05) is 19.6 Å². The highest BCUT2D eigenvalue weighted by molar-refractivity contribution is 5.76. The van der Waals surface area contributed by atoms with Gasteiger partial charge in [-0.25, -0.2) is 0 Å². The predicted octanol–water partition coefficient (Wildman–Crippen LogP) is 1.53. The van der Waals surface area contributed by atoms with E-state index in [1.165, 1.54) is 6.92 Å². The molecule has 1 amide bonds. The summed E-state index contributed by atoms with van der Waals surface area (Å²) in [5.74, 6) is -0.455. The maximum atomic E-state index is 12.0. The molecule has 0 atom stereocenters. The van der Waals surface area contributed by atoms with Gasteiger partial charge in [-0.3, -0.25) is 4.79 Å². The smallest absolute Gasteiger partial charge is 0.334 e. The van der Waals surface area contributed by atoms with E-state index in [1.54, 1.807) is 0 Å². The minimum atomic E-state index is -4.32. The Hall–Kier alpha value is -0.780. The minimum absolute atomic E-state index is 0.0843. The van der Waals surface area contributed by atoms with E-state index in [-0.39, 0.29) is 13.0 Å². The van der Waals surface area contributed by atoms with Crippen molar-refractivity contribution in [2.45, 2.75) is 32.4 Å². The lowest BCUT2D eigenvalue weighted by molar-refractivity contribution is -0.160. The van der Waals surface area contributed by atoms with Crippen molar-refractivity contribution in [1.29, 1.82) is 0 Å². The standard InChI is InChI=1S/C9H17F3N2O/c1-2-14(7-9(10,11)12)8(15)5-3-4-6-13/h2-7,13H2,1H3. The minimum Gasteiger partial charge on any atom is -0.334 e. The molecular weight excluding hydrogens is 209 g/mol. The first kappa shape index (κ1) is 14.2. The van der Waals surface area contributed by atoms with Gasteiger partial charge in [-0.15, -0.1) is 0 Å². The Labute approximate surface area is 87.4 Å². The molecule has 15 heavy (non-hydrogen) atoms. The maximum absolute atomic E-state index is 12.0. The van der Waals surface area contributed by atoms with Crippen LogP contribution in [0.1, 0.15) is 26.2 Å². The highest BCUT2D eigenvalue weighted by atomic mass is 19.4. The van der Waals surface area contributed by atoms with Crippen molar-refractivity contribution in [1.82, 2.24) is 4.90 Å². The number of carbonyl (C=O) groups excluding carboxylic acids is 1. The summed E-state index contributed by atoms with van der Waals surface area (Å²) in [6.45, 7) is 0.914. The van der Waals surface area contributed by atoms with Crippen LogP contribution in [-0.4, -0.2) is 36.6 Å². The Morgan fingerprint density at radius 1 is 1.33 bits per heavy atom. The van der Waals surface area contributed by atoms with Crippen LogP contribution in [0.15, 0.2) is 0 Å². The Balaban J connectivity index is 4.00. The third kappa shape index (κ3) is 7.18. The Morgan fingerprint density at radius 2 is 1.93 bits per heavy atom. The number of unbranched alkanes of at least 4 members (excludes halogenated alkanes) is 1. The molecule has 0 rings (SSSR count). The zero-order valence-electron chi connectivity index (χ0n) is 8.81. The number of amides is 1. The normalized spacial score (nSPS) is 11.5. The number of carbonyl (C=O) groups is 1. The molecule has 0 heterocycles. The number of alkyl halides is 3. The monoisotopic (exact) mass is 226 g/mol. The summed E-state index contributed by atoms with van der Waals surface area (Å²) >= 11 is 0. The third-order valence-corrected chi connectivity index (χ3v) is 1.95. The van der Waals surface area contributed by atoms with E-state index < -0.39 is 18.6 Å². The number of hydrogen-bond donors (Lipinski definition) is 1. The van der Waals surface area contributed by atoms with Crippen molar-refractivity contribution in [3.63, 3.8) is 0 Å². The van der Waals surface area contributed by atoms with E-state index in [9.17, 15) is 18.0 Å². The van der Waals surface area contributed by atoms with Crippen LogP contribution in [-0.2, 0) is 4.79 Å². The Bertz CT molecular complexity index is 194. The van der Waals surface area contributed by atoms with Crippen molar-refractivity contribution in [2.24, 2.45) is 5.73 Å². The van der Waals surface area contributed by atoms with E-state index in [0.717, 1.165) is 4.90 Å². The summed E-state index contributed by atoms with van der Waals surface area (Å²) in [6, 6.07) is 0. The van der Waals surface area contributed by atoms with Crippen LogP contribution in [0.3, 0.4) is 0 Å². The van der Waals surface area contributed by atoms with Gasteiger partial charge in [0.2, 0.25) is 5.91 Å². The van der Waals surface area contributed by atoms with Crippen LogP contribution in [0.4, 0.5) is 13.2 Å². The second-order valence-corrected chi connectivity index (χ2v) is 3.27. The lowest BCUT2D eigenvalue weighted by Gasteiger charge is -2.22. The van der Waals surface area contributed by atoms with Gasteiger partial charge in [0, 0.05) is 13.0 Å². The first-order valence-electron chi connectivity index (χ1n) is 4.95. The fourth-order valence-electron chi connectivity index (χ4n) is 1.17. The molecule has 0 fully saturated rings. The highest BCUT2D eigenvalue weighted by Gasteiger charge is 2.31. The van der Waals surface area contributed by atoms with Gasteiger partial charge < -0.3 is 10.6 Å². The number of nitrogens with two attached hydrogens (primary N) is 1. The molecule has 0 saturated carbocycles. The van der Waals surface area contributed by atoms with Crippen LogP contribution in [0.2, 0.25) is 0 Å². The van der Waals surface area contributed by atoms with E-state index in [4.69, 9.17) is 5.73 Å². The van der Waals surface area contributed by atoms with Gasteiger partial charge in [-0.05, 0) is 26.3 Å². The molecule has 0 aromatic carbocycles. The number of hydrogen-bond acceptors (Lipinski definition) is 2. The first-order valence-corrected chi connectivity index (χ1v) is 4.95. The third-order valence-electron chi connectivity index (χ3n) is 1.95. The van der Waals surface area contributed by atoms with E-state index >= 15 is 0 Å². The largest absolute Gasteiger partial charge is 0.406 e. The number of rotatable bonds is 6. The second-order valence-electron chi connectivity index (χ2n) is 3.27. The SMILES string of the molecule is CCN(CC(F)(F)F)C(=O)CCCCN. The summed E-state index contributed by atoms with van der Waals surface area (Å²) in [4.78, 5) is 12.1. The highest BCUT2D eigenvalue weighted by Crippen LogP contribution is 2.17. The van der Waals surface area contributed by atoms with Crippen molar-refractivity contribution < 1.29 is 18.0 Å². The summed E-state index contributed by atoms with van der Waals surface area (Å²) in [6.07, 6.45) is -2.97. The van der Waals surface area contributed by atoms with Crippen LogP contribution in [0.25, 0.3) is 0 Å². The van der Waals surface area contributed by atoms with Crippen molar-refractivity contribution >= 4 is 5.91 Å². The van der Waals surface area contributed by atoms with Gasteiger partial charge >= 0.3 is 6.18 Å². The van der Waals surface area contributed by atoms with Crippen LogP contribution in [0, 0.1) is 0 Å². The van der Waals surface area contributed by atoms with E-state index in [1.807, 2.05) is 0 Å². The quantitative estimate of drug-likeness (QED) is 0.698. The lowest BCUT2D eigenvalue weighted by atomic mass is 10.2. The molecule has 0 aliphatic heterocycles. The zero-order chi connectivity index (χ0) is 11.9. The second kappa shape index (κ2) is 6.66. The molecule has 90 valence electrons. The van der Waals surface area contributed by atoms with E-state index in [2.05, 4.69) is 0 Å². The van der Waals surface area contributed by atoms with Gasteiger partial charge in [-0.2, -0.15) is 13.2 Å². The summed E-state index contributed by atoms with van der Waals surface area (Å²) in [5.41, 5.74) is 5.22. The molecule has 2 N–H and O–H groups in total. The molecule has 3 nitrogen and oxygen atoms in total. The Morgan fingerprint density at radius 3 is 2.33 bits per heavy atom. The molecule has 0 aliphatic carbocycles. The molecular formula is C9H17F3N2O. The lowest BCUT2D eigenvalue weighted by Crippen LogP contribution is -2.38. The summed E-state index contributed by atoms with van der Waals surface area (Å²) < 4.78 is 36.1. The van der Waals surface area contributed by atoms with Gasteiger partial charge in [-0.1, -0.05) is 0 Å². The van der Waals surface area contributed by atoms with E-state index in [0.29, 0.717) is 19.4 Å². The van der Waals surface area contributed by atoms with Crippen LogP contribution in [0.5, 0.6) is 0 Å². The summed E-state index contributed by atoms with van der Waals surface area (Å²) in [7, 11) is 0. The zero-order valence-corrected chi connectivity index (χ0v) is 8.81. The molecule has 6 heteroatoms. The average Bonchev–Trinajstić information content (AvgIpc) is 2.13. The fourth-order valence-corrected chi connectivity index (χ4v) is 1.17. The molecule has 0 aromatic heterocycles. The predicted molar refractivity (Wildman–Crippen MR) is 51.2 cm³/mol. The van der Waals surface area contributed by atoms with Crippen molar-refractivity contribution in [3.8, 4) is 0 Å². The first-order chi connectivity index (χ1) is 6.90. The van der Waals surface area contributed by atoms with Gasteiger partial charge in [0.1, 0.15) is 6.54 Å². The van der Waals surface area contributed by atoms with Gasteiger partial charge in [0.15, 0.2) is 0 Å². The molecule has 0 unspecified atom stereocenters. The molecule has 0 radical (unpaired) electrons. The topological polar surface area (TPSA) is 46.3 Å². The summed E-state index contributed by atoms with van der Waals surface area (Å²) in [5, 5.41) is 0. The number of nitrogens with zero attached hydrogens (tertiary/aromatic N) is 1. The van der Waals surface area contributed by atoms with Crippen LogP contribution >= 0.6 is 0 Å². The fraction of sp³-hybridized carbons (Fsp3) is 0.889. The maximum Gasteiger partial charge on any atom is 0.406 e.